The minimum Gasteiger partial charge on any atom is -0.488 e. The highest BCUT2D eigenvalue weighted by atomic mass is 32.1. The van der Waals surface area contributed by atoms with Crippen molar-refractivity contribution >= 4 is 18.5 Å². The minimum atomic E-state index is -0.701. The van der Waals surface area contributed by atoms with Gasteiger partial charge in [0.2, 0.25) is 0 Å². The van der Waals surface area contributed by atoms with Crippen LogP contribution in [0, 0.1) is 0 Å². The lowest BCUT2D eigenvalue weighted by Gasteiger charge is -2.21. The molecule has 0 heterocycles. The fraction of sp³-hybridized carbons (Fsp3) is 0.417. The van der Waals surface area contributed by atoms with Crippen LogP contribution in [0.1, 0.15) is 31.6 Å². The van der Waals surface area contributed by atoms with E-state index in [9.17, 15) is 4.79 Å². The molecule has 0 fully saturated rings. The van der Waals surface area contributed by atoms with Crippen molar-refractivity contribution in [2.24, 2.45) is 0 Å². The Balaban J connectivity index is 2.79. The Morgan fingerprint density at radius 3 is 2.19 bits per heavy atom. The van der Waals surface area contributed by atoms with Crippen LogP contribution in [0.15, 0.2) is 24.3 Å². The van der Waals surface area contributed by atoms with Gasteiger partial charge < -0.3 is 4.74 Å². The van der Waals surface area contributed by atoms with E-state index in [0.717, 1.165) is 5.75 Å². The largest absolute Gasteiger partial charge is 0.488 e. The third-order valence-electron chi connectivity index (χ3n) is 1.87. The van der Waals surface area contributed by atoms with E-state index >= 15 is 0 Å². The number of rotatable bonds is 3. The van der Waals surface area contributed by atoms with Crippen LogP contribution in [0.4, 0.5) is 0 Å². The molecule has 3 nitrogen and oxygen atoms in total. The quantitative estimate of drug-likeness (QED) is 0.823. The van der Waals surface area contributed by atoms with E-state index in [1.165, 1.54) is 0 Å². The summed E-state index contributed by atoms with van der Waals surface area (Å²) in [7, 11) is 0. The molecular weight excluding hydrogens is 222 g/mol. The molecule has 1 aromatic rings. The molecule has 0 aromatic heterocycles. The molecule has 0 aliphatic carbocycles. The van der Waals surface area contributed by atoms with Gasteiger partial charge in [0.1, 0.15) is 16.6 Å². The van der Waals surface area contributed by atoms with Crippen molar-refractivity contribution in [3.05, 3.63) is 29.8 Å². The molecule has 16 heavy (non-hydrogen) atoms. The Labute approximate surface area is 101 Å². The number of carbonyl (C=O) groups excluding carboxylic acids is 1. The number of benzene rings is 1. The maximum absolute atomic E-state index is 10.8. The van der Waals surface area contributed by atoms with Gasteiger partial charge >= 0.3 is 0 Å². The summed E-state index contributed by atoms with van der Waals surface area (Å²) in [4.78, 5) is 10.8. The minimum absolute atomic E-state index is 0.243. The van der Waals surface area contributed by atoms with Gasteiger partial charge in [0.15, 0.2) is 0 Å². The van der Waals surface area contributed by atoms with Crippen LogP contribution in [0.2, 0.25) is 0 Å². The smallest absolute Gasteiger partial charge is 0.255 e. The van der Waals surface area contributed by atoms with E-state index in [2.05, 4.69) is 12.6 Å². The number of hydrogen-bond acceptors (Lipinski definition) is 3. The van der Waals surface area contributed by atoms with Crippen LogP contribution in [-0.4, -0.2) is 11.5 Å². The van der Waals surface area contributed by atoms with E-state index in [4.69, 9.17) is 10.5 Å². The first-order chi connectivity index (χ1) is 7.29. The second kappa shape index (κ2) is 4.78. The van der Waals surface area contributed by atoms with Gasteiger partial charge in [-0.3, -0.25) is 10.5 Å². The van der Waals surface area contributed by atoms with Crippen LogP contribution in [0.5, 0.6) is 5.75 Å². The Morgan fingerprint density at radius 2 is 1.81 bits per heavy atom. The zero-order valence-electron chi connectivity index (χ0n) is 9.65. The molecule has 1 radical (unpaired) electrons. The Bertz CT molecular complexity index is 368. The van der Waals surface area contributed by atoms with E-state index in [1.807, 2.05) is 20.8 Å². The number of thiol groups is 1. The Kier molecular flexibility index (Phi) is 3.86. The van der Waals surface area contributed by atoms with Crippen LogP contribution in [0.25, 0.3) is 0 Å². The van der Waals surface area contributed by atoms with Crippen LogP contribution in [-0.2, 0) is 4.79 Å². The molecule has 1 aromatic carbocycles. The lowest BCUT2D eigenvalue weighted by Crippen LogP contribution is -2.22. The third kappa shape index (κ3) is 3.77. The second-order valence-electron chi connectivity index (χ2n) is 4.55. The summed E-state index contributed by atoms with van der Waals surface area (Å²) in [6.07, 6.45) is 0. The molecule has 1 amide bonds. The summed E-state index contributed by atoms with van der Waals surface area (Å²) < 4.78 is 5.64. The molecule has 1 atom stereocenters. The van der Waals surface area contributed by atoms with Crippen LogP contribution >= 0.6 is 12.6 Å². The fourth-order valence-electron chi connectivity index (χ4n) is 1.22. The van der Waals surface area contributed by atoms with Crippen molar-refractivity contribution in [1.82, 2.24) is 5.73 Å². The maximum Gasteiger partial charge on any atom is 0.255 e. The van der Waals surface area contributed by atoms with Gasteiger partial charge in [-0.2, -0.15) is 12.6 Å². The molecule has 0 saturated carbocycles. The molecule has 4 heteroatoms. The second-order valence-corrected chi connectivity index (χ2v) is 5.07. The number of nitrogens with one attached hydrogen (secondary N) is 1. The highest BCUT2D eigenvalue weighted by molar-refractivity contribution is 7.81. The summed E-state index contributed by atoms with van der Waals surface area (Å²) in [5.41, 5.74) is 7.44. The van der Waals surface area contributed by atoms with Crippen molar-refractivity contribution in [3.8, 4) is 5.75 Å². The molecule has 0 saturated heterocycles. The van der Waals surface area contributed by atoms with Gasteiger partial charge in [-0.1, -0.05) is 12.1 Å². The predicted molar refractivity (Wildman–Crippen MR) is 66.7 cm³/mol. The van der Waals surface area contributed by atoms with Crippen molar-refractivity contribution in [3.63, 3.8) is 0 Å². The van der Waals surface area contributed by atoms with Crippen molar-refractivity contribution in [1.29, 1.82) is 0 Å². The van der Waals surface area contributed by atoms with Crippen molar-refractivity contribution < 1.29 is 9.53 Å². The standard InChI is InChI=1S/C12H16NO2S/c1-12(2,3)15-9-6-4-8(5-7-9)10(16)11(13)14/h4-7,10,13,16H,1-3H3. The van der Waals surface area contributed by atoms with Gasteiger partial charge in [0, 0.05) is 0 Å². The monoisotopic (exact) mass is 238 g/mol. The normalized spacial score (nSPS) is 13.2. The average Bonchev–Trinajstić information content (AvgIpc) is 2.15. The van der Waals surface area contributed by atoms with E-state index in [-0.39, 0.29) is 5.60 Å². The summed E-state index contributed by atoms with van der Waals surface area (Å²) in [6, 6.07) is 7.08. The molecule has 1 N–H and O–H groups in total. The summed E-state index contributed by atoms with van der Waals surface area (Å²) in [6.45, 7) is 5.90. The van der Waals surface area contributed by atoms with E-state index in [0.29, 0.717) is 5.56 Å². The topological polar surface area (TPSA) is 50.1 Å². The molecule has 0 spiro atoms. The molecule has 0 bridgehead atoms. The molecule has 0 aliphatic rings. The first kappa shape index (κ1) is 12.9. The SMILES string of the molecule is CC(C)(C)Oc1ccc(C(S)C([NH])=O)cc1. The molecule has 1 rings (SSSR count). The van der Waals surface area contributed by atoms with Gasteiger partial charge in [-0.25, -0.2) is 0 Å². The molecule has 1 unspecified atom stereocenters. The summed E-state index contributed by atoms with van der Waals surface area (Å²) in [5.74, 6) is 0.0436. The molecule has 0 aliphatic heterocycles. The highest BCUT2D eigenvalue weighted by Crippen LogP contribution is 2.24. The Morgan fingerprint density at radius 1 is 1.31 bits per heavy atom. The first-order valence-electron chi connectivity index (χ1n) is 5.02. The Hall–Kier alpha value is -1.16. The molecule has 87 valence electrons. The lowest BCUT2D eigenvalue weighted by molar-refractivity contribution is -0.118. The average molecular weight is 238 g/mol. The van der Waals surface area contributed by atoms with E-state index in [1.54, 1.807) is 24.3 Å². The highest BCUT2D eigenvalue weighted by Gasteiger charge is 2.15. The van der Waals surface area contributed by atoms with E-state index < -0.39 is 11.2 Å². The fourth-order valence-corrected chi connectivity index (χ4v) is 1.40. The first-order valence-corrected chi connectivity index (χ1v) is 5.54. The summed E-state index contributed by atoms with van der Waals surface area (Å²) in [5, 5.41) is -0.677. The third-order valence-corrected chi connectivity index (χ3v) is 2.40. The number of carbonyl (C=O) groups is 1. The lowest BCUT2D eigenvalue weighted by atomic mass is 10.1. The number of amides is 1. The van der Waals surface area contributed by atoms with Gasteiger partial charge in [-0.15, -0.1) is 0 Å². The zero-order valence-corrected chi connectivity index (χ0v) is 10.5. The van der Waals surface area contributed by atoms with Crippen LogP contribution in [0.3, 0.4) is 0 Å². The summed E-state index contributed by atoms with van der Waals surface area (Å²) >= 11 is 4.06. The number of hydrogen-bond donors (Lipinski definition) is 1. The number of ether oxygens (including phenoxy) is 1. The van der Waals surface area contributed by atoms with Gasteiger partial charge in [-0.05, 0) is 38.5 Å². The maximum atomic E-state index is 10.8. The van der Waals surface area contributed by atoms with Crippen molar-refractivity contribution in [2.75, 3.05) is 0 Å². The van der Waals surface area contributed by atoms with Gasteiger partial charge in [0.25, 0.3) is 5.91 Å². The van der Waals surface area contributed by atoms with Crippen LogP contribution < -0.4 is 10.5 Å². The van der Waals surface area contributed by atoms with Crippen molar-refractivity contribution in [2.45, 2.75) is 31.6 Å². The van der Waals surface area contributed by atoms with Gasteiger partial charge in [0.05, 0.1) is 0 Å². The molecular formula is C12H16NO2S. The predicted octanol–water partition coefficient (Wildman–Crippen LogP) is 2.64. The zero-order chi connectivity index (χ0) is 12.3.